The van der Waals surface area contributed by atoms with Crippen LogP contribution in [0.2, 0.25) is 0 Å². The summed E-state index contributed by atoms with van der Waals surface area (Å²) in [5, 5.41) is 5.84. The first-order valence-corrected chi connectivity index (χ1v) is 8.10. The van der Waals surface area contributed by atoms with Crippen molar-refractivity contribution in [2.75, 3.05) is 6.54 Å². The van der Waals surface area contributed by atoms with Crippen LogP contribution in [0.1, 0.15) is 34.4 Å². The van der Waals surface area contributed by atoms with E-state index >= 15 is 0 Å². The number of halogens is 2. The standard InChI is InChI=1S/C16H21N3O2S.2ClH/c1-11(17)6-7-18-16(20)13-4-3-5-15(8-13)21-9-14-10-22-12(2)19-14;;/h3-5,8,10-11H,6-7,9,17H2,1-2H3,(H,18,20);2*1H. The van der Waals surface area contributed by atoms with Crippen molar-refractivity contribution in [3.8, 4) is 5.75 Å². The van der Waals surface area contributed by atoms with E-state index < -0.39 is 0 Å². The number of amides is 1. The van der Waals surface area contributed by atoms with Crippen molar-refractivity contribution >= 4 is 42.1 Å². The number of thiazole rings is 1. The van der Waals surface area contributed by atoms with Crippen molar-refractivity contribution in [2.45, 2.75) is 32.9 Å². The Morgan fingerprint density at radius 1 is 1.42 bits per heavy atom. The number of aromatic nitrogens is 1. The van der Waals surface area contributed by atoms with Crippen LogP contribution in [-0.2, 0) is 6.61 Å². The van der Waals surface area contributed by atoms with E-state index in [1.54, 1.807) is 23.5 Å². The molecule has 0 aliphatic heterocycles. The Labute approximate surface area is 158 Å². The van der Waals surface area contributed by atoms with Crippen LogP contribution in [0, 0.1) is 6.92 Å². The topological polar surface area (TPSA) is 77.2 Å². The van der Waals surface area contributed by atoms with Crippen LogP contribution in [0.15, 0.2) is 29.6 Å². The lowest BCUT2D eigenvalue weighted by Gasteiger charge is -2.09. The zero-order chi connectivity index (χ0) is 15.9. The Hall–Kier alpha value is -1.34. The average Bonchev–Trinajstić information content (AvgIpc) is 2.90. The molecule has 3 N–H and O–H groups in total. The second-order valence-electron chi connectivity index (χ2n) is 5.20. The molecule has 1 atom stereocenters. The van der Waals surface area contributed by atoms with Crippen LogP contribution in [0.4, 0.5) is 0 Å². The summed E-state index contributed by atoms with van der Waals surface area (Å²) >= 11 is 1.59. The Bertz CT molecular complexity index is 635. The quantitative estimate of drug-likeness (QED) is 0.758. The second kappa shape index (κ2) is 11.3. The van der Waals surface area contributed by atoms with E-state index in [1.807, 2.05) is 31.4 Å². The predicted octanol–water partition coefficient (Wildman–Crippen LogP) is 3.34. The molecule has 1 unspecified atom stereocenters. The number of aryl methyl sites for hydroxylation is 1. The summed E-state index contributed by atoms with van der Waals surface area (Å²) in [6, 6.07) is 7.22. The molecule has 1 amide bonds. The first kappa shape index (κ1) is 22.7. The first-order valence-electron chi connectivity index (χ1n) is 7.22. The van der Waals surface area contributed by atoms with Crippen molar-refractivity contribution in [3.63, 3.8) is 0 Å². The molecule has 2 rings (SSSR count). The van der Waals surface area contributed by atoms with Gasteiger partial charge in [0.25, 0.3) is 5.91 Å². The van der Waals surface area contributed by atoms with Gasteiger partial charge in [-0.25, -0.2) is 4.98 Å². The minimum Gasteiger partial charge on any atom is -0.487 e. The van der Waals surface area contributed by atoms with Crippen LogP contribution in [0.5, 0.6) is 5.75 Å². The highest BCUT2D eigenvalue weighted by Gasteiger charge is 2.07. The summed E-state index contributed by atoms with van der Waals surface area (Å²) in [4.78, 5) is 16.4. The van der Waals surface area contributed by atoms with E-state index in [2.05, 4.69) is 10.3 Å². The average molecular weight is 392 g/mol. The molecule has 0 aliphatic carbocycles. The van der Waals surface area contributed by atoms with E-state index in [4.69, 9.17) is 10.5 Å². The number of ether oxygens (including phenoxy) is 1. The van der Waals surface area contributed by atoms with E-state index in [1.165, 1.54) is 0 Å². The van der Waals surface area contributed by atoms with Crippen molar-refractivity contribution in [2.24, 2.45) is 5.73 Å². The number of rotatable bonds is 7. The van der Waals surface area contributed by atoms with Crippen molar-refractivity contribution in [3.05, 3.63) is 45.9 Å². The number of hydrogen-bond acceptors (Lipinski definition) is 5. The fourth-order valence-corrected chi connectivity index (χ4v) is 2.47. The molecule has 0 saturated heterocycles. The molecule has 1 aromatic heterocycles. The summed E-state index contributed by atoms with van der Waals surface area (Å²) in [5.41, 5.74) is 7.14. The highest BCUT2D eigenvalue weighted by molar-refractivity contribution is 7.09. The highest BCUT2D eigenvalue weighted by atomic mass is 35.5. The maximum absolute atomic E-state index is 12.0. The molecule has 0 aliphatic rings. The number of nitrogens with one attached hydrogen (secondary N) is 1. The zero-order valence-electron chi connectivity index (χ0n) is 13.7. The van der Waals surface area contributed by atoms with Gasteiger partial charge in [0.05, 0.1) is 10.7 Å². The highest BCUT2D eigenvalue weighted by Crippen LogP contribution is 2.16. The maximum Gasteiger partial charge on any atom is 0.251 e. The number of carbonyl (C=O) groups excluding carboxylic acids is 1. The Morgan fingerprint density at radius 2 is 2.17 bits per heavy atom. The molecule has 0 spiro atoms. The first-order chi connectivity index (χ1) is 10.5. The summed E-state index contributed by atoms with van der Waals surface area (Å²) < 4.78 is 5.68. The number of nitrogens with two attached hydrogens (primary N) is 1. The number of nitrogens with zero attached hydrogens (tertiary/aromatic N) is 1. The van der Waals surface area contributed by atoms with Gasteiger partial charge in [-0.15, -0.1) is 36.2 Å². The molecule has 24 heavy (non-hydrogen) atoms. The van der Waals surface area contributed by atoms with Gasteiger partial charge in [-0.2, -0.15) is 0 Å². The van der Waals surface area contributed by atoms with E-state index in [0.717, 1.165) is 17.1 Å². The third kappa shape index (κ3) is 7.49. The Morgan fingerprint density at radius 3 is 2.79 bits per heavy atom. The fraction of sp³-hybridized carbons (Fsp3) is 0.375. The SMILES string of the molecule is Cc1nc(COc2cccc(C(=O)NCCC(C)N)c2)cs1.Cl.Cl. The summed E-state index contributed by atoms with van der Waals surface area (Å²) in [7, 11) is 0. The Balaban J connectivity index is 0.00000264. The molecule has 0 saturated carbocycles. The van der Waals surface area contributed by atoms with Gasteiger partial charge in [0.1, 0.15) is 12.4 Å². The van der Waals surface area contributed by atoms with Gasteiger partial charge >= 0.3 is 0 Å². The smallest absolute Gasteiger partial charge is 0.251 e. The largest absolute Gasteiger partial charge is 0.487 e. The molecule has 0 bridgehead atoms. The van der Waals surface area contributed by atoms with Gasteiger partial charge in [-0.1, -0.05) is 6.07 Å². The van der Waals surface area contributed by atoms with Gasteiger partial charge in [0.2, 0.25) is 0 Å². The molecule has 0 radical (unpaired) electrons. The summed E-state index contributed by atoms with van der Waals surface area (Å²) in [6.45, 7) is 4.85. The van der Waals surface area contributed by atoms with Gasteiger partial charge in [0, 0.05) is 23.5 Å². The summed E-state index contributed by atoms with van der Waals surface area (Å²) in [6.07, 6.45) is 0.755. The van der Waals surface area contributed by atoms with Gasteiger partial charge in [-0.05, 0) is 38.5 Å². The van der Waals surface area contributed by atoms with Gasteiger partial charge in [0.15, 0.2) is 0 Å². The molecule has 1 aromatic carbocycles. The number of hydrogen-bond donors (Lipinski definition) is 2. The second-order valence-corrected chi connectivity index (χ2v) is 6.26. The van der Waals surface area contributed by atoms with E-state index in [0.29, 0.717) is 24.5 Å². The molecule has 0 fully saturated rings. The molecule has 134 valence electrons. The van der Waals surface area contributed by atoms with Crippen LogP contribution in [0.3, 0.4) is 0 Å². The third-order valence-electron chi connectivity index (χ3n) is 3.03. The van der Waals surface area contributed by atoms with Crippen molar-refractivity contribution in [1.82, 2.24) is 10.3 Å². The number of benzene rings is 1. The maximum atomic E-state index is 12.0. The monoisotopic (exact) mass is 391 g/mol. The predicted molar refractivity (Wildman–Crippen MR) is 103 cm³/mol. The molecule has 2 aromatic rings. The molecule has 8 heteroatoms. The molecular formula is C16H23Cl2N3O2S. The zero-order valence-corrected chi connectivity index (χ0v) is 16.1. The van der Waals surface area contributed by atoms with Crippen LogP contribution in [-0.4, -0.2) is 23.5 Å². The van der Waals surface area contributed by atoms with Crippen molar-refractivity contribution < 1.29 is 9.53 Å². The van der Waals surface area contributed by atoms with Crippen LogP contribution in [0.25, 0.3) is 0 Å². The number of carbonyl (C=O) groups is 1. The van der Waals surface area contributed by atoms with Gasteiger partial charge < -0.3 is 15.8 Å². The third-order valence-corrected chi connectivity index (χ3v) is 3.86. The summed E-state index contributed by atoms with van der Waals surface area (Å²) in [5.74, 6) is 0.543. The fourth-order valence-electron chi connectivity index (χ4n) is 1.87. The lowest BCUT2D eigenvalue weighted by atomic mass is 10.2. The molecular weight excluding hydrogens is 369 g/mol. The molecule has 5 nitrogen and oxygen atoms in total. The lowest BCUT2D eigenvalue weighted by Crippen LogP contribution is -2.28. The van der Waals surface area contributed by atoms with Crippen LogP contribution < -0.4 is 15.8 Å². The van der Waals surface area contributed by atoms with E-state index in [9.17, 15) is 4.79 Å². The van der Waals surface area contributed by atoms with E-state index in [-0.39, 0.29) is 36.8 Å². The normalized spacial score (nSPS) is 11.0. The Kier molecular flexibility index (Phi) is 10.6. The lowest BCUT2D eigenvalue weighted by molar-refractivity contribution is 0.0952. The minimum atomic E-state index is -0.115. The van der Waals surface area contributed by atoms with Crippen molar-refractivity contribution in [1.29, 1.82) is 0 Å². The van der Waals surface area contributed by atoms with Crippen LogP contribution >= 0.6 is 36.2 Å². The minimum absolute atomic E-state index is 0. The molecule has 1 heterocycles. The van der Waals surface area contributed by atoms with Gasteiger partial charge in [-0.3, -0.25) is 4.79 Å².